The van der Waals surface area contributed by atoms with Crippen LogP contribution in [-0.4, -0.2) is 40.3 Å². The van der Waals surface area contributed by atoms with Gasteiger partial charge in [0.05, 0.1) is 10.6 Å². The highest BCUT2D eigenvalue weighted by Gasteiger charge is 2.16. The van der Waals surface area contributed by atoms with Crippen LogP contribution < -0.4 is 10.6 Å². The van der Waals surface area contributed by atoms with E-state index in [1.807, 2.05) is 36.4 Å². The van der Waals surface area contributed by atoms with E-state index in [1.54, 1.807) is 37.4 Å². The summed E-state index contributed by atoms with van der Waals surface area (Å²) >= 11 is 0. The monoisotopic (exact) mass is 421 g/mol. The summed E-state index contributed by atoms with van der Waals surface area (Å²) < 4.78 is 24.9. The van der Waals surface area contributed by atoms with Crippen molar-refractivity contribution in [1.29, 1.82) is 0 Å². The first-order valence-electron chi connectivity index (χ1n) is 9.92. The molecule has 0 spiro atoms. The Labute approximate surface area is 178 Å². The molecule has 0 aliphatic carbocycles. The highest BCUT2D eigenvalue weighted by atomic mass is 32.2. The molecule has 3 rings (SSSR count). The number of rotatable bonds is 8. The summed E-state index contributed by atoms with van der Waals surface area (Å²) in [7, 11) is -1.65. The van der Waals surface area contributed by atoms with Crippen LogP contribution in [0, 0.1) is 0 Å². The molecule has 0 saturated carbocycles. The van der Waals surface area contributed by atoms with E-state index in [4.69, 9.17) is 0 Å². The quantitative estimate of drug-likeness (QED) is 0.432. The Morgan fingerprint density at radius 1 is 0.800 bits per heavy atom. The van der Waals surface area contributed by atoms with Crippen LogP contribution in [0.25, 0.3) is 0 Å². The minimum absolute atomic E-state index is 0.00148. The summed E-state index contributed by atoms with van der Waals surface area (Å²) in [5.74, 6) is 0.729. The van der Waals surface area contributed by atoms with E-state index < -0.39 is 9.84 Å². The maximum atomic E-state index is 12.4. The molecule has 0 fully saturated rings. The zero-order valence-corrected chi connectivity index (χ0v) is 17.8. The fraction of sp³-hybridized carbons (Fsp3) is 0.208. The molecule has 0 heterocycles. The average Bonchev–Trinajstić information content (AvgIpc) is 2.80. The summed E-state index contributed by atoms with van der Waals surface area (Å²) in [5.41, 5.74) is 2.41. The molecule has 3 aromatic carbocycles. The van der Waals surface area contributed by atoms with Crippen molar-refractivity contribution in [2.45, 2.75) is 10.8 Å². The minimum atomic E-state index is -3.33. The molecular formula is C24H27N3O2S. The topological polar surface area (TPSA) is 70.6 Å². The molecule has 0 bridgehead atoms. The first kappa shape index (κ1) is 21.6. The fourth-order valence-corrected chi connectivity index (χ4v) is 4.45. The van der Waals surface area contributed by atoms with Crippen LogP contribution in [-0.2, 0) is 9.84 Å². The lowest BCUT2D eigenvalue weighted by molar-refractivity contribution is 0.594. The molecule has 2 N–H and O–H groups in total. The van der Waals surface area contributed by atoms with Gasteiger partial charge in [-0.2, -0.15) is 0 Å². The van der Waals surface area contributed by atoms with Gasteiger partial charge in [0, 0.05) is 26.1 Å². The van der Waals surface area contributed by atoms with Gasteiger partial charge in [-0.05, 0) is 23.3 Å². The molecule has 3 aromatic rings. The lowest BCUT2D eigenvalue weighted by atomic mass is 9.91. The van der Waals surface area contributed by atoms with Crippen molar-refractivity contribution in [3.8, 4) is 0 Å². The third-order valence-corrected chi connectivity index (χ3v) is 6.60. The van der Waals surface area contributed by atoms with Crippen molar-refractivity contribution in [2.75, 3.05) is 25.9 Å². The molecule has 0 amide bonds. The number of aliphatic imine (C=N–C) groups is 1. The van der Waals surface area contributed by atoms with E-state index in [1.165, 1.54) is 11.1 Å². The van der Waals surface area contributed by atoms with Gasteiger partial charge in [0.1, 0.15) is 0 Å². The number of nitrogens with zero attached hydrogens (tertiary/aromatic N) is 1. The molecule has 0 saturated heterocycles. The van der Waals surface area contributed by atoms with Crippen LogP contribution >= 0.6 is 0 Å². The van der Waals surface area contributed by atoms with Crippen molar-refractivity contribution in [2.24, 2.45) is 4.99 Å². The SMILES string of the molecule is CN=C(NCCS(=O)(=O)c1ccccc1)NCC(c1ccccc1)c1ccccc1. The summed E-state index contributed by atoms with van der Waals surface area (Å²) in [5, 5.41) is 6.45. The van der Waals surface area contributed by atoms with Crippen LogP contribution in [0.3, 0.4) is 0 Å². The van der Waals surface area contributed by atoms with Crippen molar-refractivity contribution >= 4 is 15.8 Å². The molecule has 0 aliphatic heterocycles. The Bertz CT molecular complexity index is 998. The summed E-state index contributed by atoms with van der Waals surface area (Å²) in [6, 6.07) is 29.1. The highest BCUT2D eigenvalue weighted by molar-refractivity contribution is 7.91. The maximum absolute atomic E-state index is 12.4. The van der Waals surface area contributed by atoms with E-state index in [9.17, 15) is 8.42 Å². The normalized spacial score (nSPS) is 12.0. The van der Waals surface area contributed by atoms with E-state index in [0.717, 1.165) is 0 Å². The van der Waals surface area contributed by atoms with E-state index >= 15 is 0 Å². The number of hydrogen-bond donors (Lipinski definition) is 2. The van der Waals surface area contributed by atoms with Crippen LogP contribution in [0.2, 0.25) is 0 Å². The molecule has 0 aromatic heterocycles. The van der Waals surface area contributed by atoms with Gasteiger partial charge < -0.3 is 10.6 Å². The van der Waals surface area contributed by atoms with Gasteiger partial charge in [-0.1, -0.05) is 78.9 Å². The second kappa shape index (κ2) is 10.6. The molecule has 6 heteroatoms. The maximum Gasteiger partial charge on any atom is 0.191 e. The predicted molar refractivity (Wildman–Crippen MR) is 123 cm³/mol. The Morgan fingerprint density at radius 2 is 1.30 bits per heavy atom. The van der Waals surface area contributed by atoms with Crippen molar-refractivity contribution in [1.82, 2.24) is 10.6 Å². The molecule has 0 aliphatic rings. The molecule has 30 heavy (non-hydrogen) atoms. The fourth-order valence-electron chi connectivity index (χ4n) is 3.27. The van der Waals surface area contributed by atoms with Crippen LogP contribution in [0.15, 0.2) is 101 Å². The standard InChI is InChI=1S/C24H27N3O2S/c1-25-24(26-17-18-30(28,29)22-15-9-4-10-16-22)27-19-23(20-11-5-2-6-12-20)21-13-7-3-8-14-21/h2-16,23H,17-19H2,1H3,(H2,25,26,27). The van der Waals surface area contributed by atoms with Crippen molar-refractivity contribution < 1.29 is 8.42 Å². The molecular weight excluding hydrogens is 394 g/mol. The van der Waals surface area contributed by atoms with E-state index in [0.29, 0.717) is 17.4 Å². The smallest absolute Gasteiger partial charge is 0.191 e. The van der Waals surface area contributed by atoms with Gasteiger partial charge in [-0.3, -0.25) is 4.99 Å². The van der Waals surface area contributed by atoms with Crippen LogP contribution in [0.4, 0.5) is 0 Å². The highest BCUT2D eigenvalue weighted by Crippen LogP contribution is 2.23. The van der Waals surface area contributed by atoms with Gasteiger partial charge in [0.2, 0.25) is 0 Å². The lowest BCUT2D eigenvalue weighted by Gasteiger charge is -2.20. The average molecular weight is 422 g/mol. The third-order valence-electron chi connectivity index (χ3n) is 4.87. The molecule has 5 nitrogen and oxygen atoms in total. The largest absolute Gasteiger partial charge is 0.355 e. The van der Waals surface area contributed by atoms with Gasteiger partial charge in [-0.15, -0.1) is 0 Å². The summed E-state index contributed by atoms with van der Waals surface area (Å²) in [6.07, 6.45) is 0. The third kappa shape index (κ3) is 5.94. The van der Waals surface area contributed by atoms with Crippen molar-refractivity contribution in [3.63, 3.8) is 0 Å². The van der Waals surface area contributed by atoms with Gasteiger partial charge in [-0.25, -0.2) is 8.42 Å². The van der Waals surface area contributed by atoms with E-state index in [2.05, 4.69) is 39.9 Å². The Morgan fingerprint density at radius 3 is 1.80 bits per heavy atom. The number of hydrogen-bond acceptors (Lipinski definition) is 3. The molecule has 0 radical (unpaired) electrons. The molecule has 156 valence electrons. The van der Waals surface area contributed by atoms with Crippen LogP contribution in [0.1, 0.15) is 17.0 Å². The van der Waals surface area contributed by atoms with Gasteiger partial charge in [0.15, 0.2) is 15.8 Å². The minimum Gasteiger partial charge on any atom is -0.355 e. The van der Waals surface area contributed by atoms with Crippen molar-refractivity contribution in [3.05, 3.63) is 102 Å². The summed E-state index contributed by atoms with van der Waals surface area (Å²) in [4.78, 5) is 4.58. The Kier molecular flexibility index (Phi) is 7.63. The Balaban J connectivity index is 1.61. The predicted octanol–water partition coefficient (Wildman–Crippen LogP) is 3.46. The first-order valence-corrected chi connectivity index (χ1v) is 11.6. The number of guanidine groups is 1. The number of sulfone groups is 1. The summed E-state index contributed by atoms with van der Waals surface area (Å²) in [6.45, 7) is 0.914. The number of benzene rings is 3. The zero-order valence-electron chi connectivity index (χ0n) is 17.0. The van der Waals surface area contributed by atoms with Gasteiger partial charge in [0.25, 0.3) is 0 Å². The van der Waals surface area contributed by atoms with Crippen LogP contribution in [0.5, 0.6) is 0 Å². The second-order valence-corrected chi connectivity index (χ2v) is 8.99. The molecule has 0 atom stereocenters. The van der Waals surface area contributed by atoms with E-state index in [-0.39, 0.29) is 18.2 Å². The zero-order chi connectivity index (χ0) is 21.2. The lowest BCUT2D eigenvalue weighted by Crippen LogP contribution is -2.41. The Hall–Kier alpha value is -3.12. The first-order chi connectivity index (χ1) is 14.6. The number of nitrogens with one attached hydrogen (secondary N) is 2. The second-order valence-electron chi connectivity index (χ2n) is 6.89. The van der Waals surface area contributed by atoms with Gasteiger partial charge >= 0.3 is 0 Å². The molecule has 0 unspecified atom stereocenters.